The zero-order chi connectivity index (χ0) is 11.9. The number of aliphatic hydroxyl groups excluding tert-OH is 1. The van der Waals surface area contributed by atoms with Crippen LogP contribution in [0.15, 0.2) is 15.8 Å². The number of aryl methyl sites for hydroxylation is 1. The van der Waals surface area contributed by atoms with Crippen LogP contribution in [0.3, 0.4) is 0 Å². The second kappa shape index (κ2) is 3.88. The van der Waals surface area contributed by atoms with E-state index in [1.807, 2.05) is 0 Å². The van der Waals surface area contributed by atoms with Gasteiger partial charge in [-0.1, -0.05) is 0 Å². The van der Waals surface area contributed by atoms with Gasteiger partial charge >= 0.3 is 5.69 Å². The predicted molar refractivity (Wildman–Crippen MR) is 55.9 cm³/mol. The molecule has 1 radical (unpaired) electrons. The Hall–Kier alpha value is -1.40. The molecule has 6 nitrogen and oxygen atoms in total. The number of rotatable bonds is 1. The highest BCUT2D eigenvalue weighted by atomic mass is 16.5. The van der Waals surface area contributed by atoms with E-state index in [4.69, 9.17) is 4.74 Å². The molecule has 0 amide bonds. The van der Waals surface area contributed by atoms with E-state index in [1.165, 1.54) is 10.8 Å². The summed E-state index contributed by atoms with van der Waals surface area (Å²) in [7, 11) is 0. The number of hydrogen-bond donors (Lipinski definition) is 2. The van der Waals surface area contributed by atoms with Gasteiger partial charge in [0.1, 0.15) is 0 Å². The van der Waals surface area contributed by atoms with Crippen molar-refractivity contribution < 1.29 is 9.84 Å². The third-order valence-electron chi connectivity index (χ3n) is 2.64. The predicted octanol–water partition coefficient (Wildman–Crippen LogP) is -0.648. The lowest BCUT2D eigenvalue weighted by atomic mass is 10.2. The van der Waals surface area contributed by atoms with Crippen molar-refractivity contribution >= 4 is 0 Å². The van der Waals surface area contributed by atoms with E-state index in [0.29, 0.717) is 11.8 Å². The topological polar surface area (TPSA) is 84.3 Å². The maximum absolute atomic E-state index is 11.5. The van der Waals surface area contributed by atoms with E-state index in [2.05, 4.69) is 4.98 Å². The van der Waals surface area contributed by atoms with E-state index >= 15 is 0 Å². The molecule has 2 atom stereocenters. The van der Waals surface area contributed by atoms with Gasteiger partial charge in [0.2, 0.25) is 0 Å². The van der Waals surface area contributed by atoms with Crippen LogP contribution in [0.2, 0.25) is 0 Å². The molecule has 2 N–H and O–H groups in total. The summed E-state index contributed by atoms with van der Waals surface area (Å²) < 4.78 is 6.57. The van der Waals surface area contributed by atoms with Crippen molar-refractivity contribution in [1.82, 2.24) is 9.55 Å². The molecular formula is C10H13N2O4. The molecule has 0 bridgehead atoms. The van der Waals surface area contributed by atoms with Crippen molar-refractivity contribution in [2.45, 2.75) is 32.5 Å². The van der Waals surface area contributed by atoms with E-state index in [1.54, 1.807) is 13.8 Å². The number of aliphatic hydroxyl groups is 1. The average Bonchev–Trinajstić information content (AvgIpc) is 2.53. The molecule has 0 unspecified atom stereocenters. The summed E-state index contributed by atoms with van der Waals surface area (Å²) >= 11 is 0. The monoisotopic (exact) mass is 225 g/mol. The summed E-state index contributed by atoms with van der Waals surface area (Å²) in [5, 5.41) is 9.51. The van der Waals surface area contributed by atoms with Crippen LogP contribution in [0.25, 0.3) is 0 Å². The molecule has 2 rings (SSSR count). The van der Waals surface area contributed by atoms with Crippen LogP contribution in [-0.2, 0) is 4.74 Å². The number of aromatic nitrogens is 2. The number of hydrogen-bond acceptors (Lipinski definition) is 4. The van der Waals surface area contributed by atoms with E-state index in [-0.39, 0.29) is 12.5 Å². The molecule has 6 heteroatoms. The summed E-state index contributed by atoms with van der Waals surface area (Å²) in [6.45, 7) is 3.32. The molecule has 1 aromatic heterocycles. The van der Waals surface area contributed by atoms with E-state index in [9.17, 15) is 14.7 Å². The molecular weight excluding hydrogens is 212 g/mol. The lowest BCUT2D eigenvalue weighted by molar-refractivity contribution is 0.0506. The van der Waals surface area contributed by atoms with Gasteiger partial charge in [0, 0.05) is 18.2 Å². The maximum Gasteiger partial charge on any atom is 0.330 e. The molecule has 0 spiro atoms. The molecule has 0 aromatic carbocycles. The number of nitrogens with zero attached hydrogens (tertiary/aromatic N) is 1. The van der Waals surface area contributed by atoms with Crippen LogP contribution in [0.1, 0.15) is 18.9 Å². The standard InChI is InChI=1S/C10H13N2O4/c1-5-4-12(10(15)11-9(5)14)8-3-7(13)6(2)16-8/h4,6-7,13H,3H2,1-2H3,(H,11,14,15)/t6-,7+/m1/s1. The van der Waals surface area contributed by atoms with E-state index in [0.717, 1.165) is 0 Å². The summed E-state index contributed by atoms with van der Waals surface area (Å²) in [6.07, 6.45) is 1.10. The first-order valence-electron chi connectivity index (χ1n) is 5.02. The number of nitrogens with one attached hydrogen (secondary N) is 1. The quantitative estimate of drug-likeness (QED) is 0.665. The minimum Gasteiger partial charge on any atom is -0.390 e. The summed E-state index contributed by atoms with van der Waals surface area (Å²) in [5.74, 6) is 0. The molecule has 0 aliphatic carbocycles. The molecule has 16 heavy (non-hydrogen) atoms. The number of aromatic amines is 1. The lowest BCUT2D eigenvalue weighted by Gasteiger charge is -2.11. The highest BCUT2D eigenvalue weighted by molar-refractivity contribution is 5.06. The molecule has 0 saturated carbocycles. The van der Waals surface area contributed by atoms with Gasteiger partial charge in [-0.2, -0.15) is 0 Å². The van der Waals surface area contributed by atoms with Crippen molar-refractivity contribution in [3.63, 3.8) is 0 Å². The normalized spacial score (nSPS) is 26.2. The van der Waals surface area contributed by atoms with Gasteiger partial charge in [0.25, 0.3) is 5.56 Å². The van der Waals surface area contributed by atoms with Gasteiger partial charge in [-0.15, -0.1) is 0 Å². The van der Waals surface area contributed by atoms with Crippen LogP contribution in [0.4, 0.5) is 0 Å². The zero-order valence-corrected chi connectivity index (χ0v) is 9.06. The van der Waals surface area contributed by atoms with Gasteiger partial charge in [-0.3, -0.25) is 14.3 Å². The fourth-order valence-electron chi connectivity index (χ4n) is 1.59. The van der Waals surface area contributed by atoms with Crippen molar-refractivity contribution in [2.24, 2.45) is 0 Å². The van der Waals surface area contributed by atoms with Gasteiger partial charge in [-0.05, 0) is 13.8 Å². The molecule has 87 valence electrons. The van der Waals surface area contributed by atoms with Crippen LogP contribution in [0.5, 0.6) is 0 Å². The first kappa shape index (κ1) is 11.1. The molecule has 1 aliphatic rings. The summed E-state index contributed by atoms with van der Waals surface area (Å²) in [5.41, 5.74) is -0.537. The Bertz CT molecular complexity index is 494. The SMILES string of the molecule is Cc1cn([C]2C[C@H](O)[C@@H](C)O2)c(=O)[nH]c1=O. The first-order valence-corrected chi connectivity index (χ1v) is 5.02. The molecule has 1 saturated heterocycles. The third-order valence-corrected chi connectivity index (χ3v) is 2.64. The largest absolute Gasteiger partial charge is 0.390 e. The van der Waals surface area contributed by atoms with Crippen LogP contribution < -0.4 is 11.2 Å². The van der Waals surface area contributed by atoms with E-state index < -0.39 is 17.4 Å². The summed E-state index contributed by atoms with van der Waals surface area (Å²) in [6, 6.07) is 0. The number of H-pyrrole nitrogens is 1. The molecule has 1 fully saturated rings. The van der Waals surface area contributed by atoms with Gasteiger partial charge < -0.3 is 9.84 Å². The van der Waals surface area contributed by atoms with Gasteiger partial charge in [-0.25, -0.2) is 4.79 Å². The Morgan fingerprint density at radius 1 is 1.56 bits per heavy atom. The fourth-order valence-corrected chi connectivity index (χ4v) is 1.59. The van der Waals surface area contributed by atoms with Crippen molar-refractivity contribution in [3.8, 4) is 0 Å². The van der Waals surface area contributed by atoms with Crippen molar-refractivity contribution in [3.05, 3.63) is 38.8 Å². The Labute approximate surface area is 91.5 Å². The number of ether oxygens (including phenoxy) is 1. The second-order valence-electron chi connectivity index (χ2n) is 3.93. The highest BCUT2D eigenvalue weighted by Crippen LogP contribution is 2.25. The minimum atomic E-state index is -0.617. The van der Waals surface area contributed by atoms with Crippen molar-refractivity contribution in [1.29, 1.82) is 0 Å². The molecule has 1 aliphatic heterocycles. The Morgan fingerprint density at radius 2 is 2.25 bits per heavy atom. The smallest absolute Gasteiger partial charge is 0.330 e. The van der Waals surface area contributed by atoms with Crippen molar-refractivity contribution in [2.75, 3.05) is 0 Å². The summed E-state index contributed by atoms with van der Waals surface area (Å²) in [4.78, 5) is 24.9. The van der Waals surface area contributed by atoms with Crippen LogP contribution >= 0.6 is 0 Å². The fraction of sp³-hybridized carbons (Fsp3) is 0.500. The van der Waals surface area contributed by atoms with Crippen LogP contribution in [-0.4, -0.2) is 26.9 Å². The second-order valence-corrected chi connectivity index (χ2v) is 3.93. The average molecular weight is 225 g/mol. The van der Waals surface area contributed by atoms with Crippen LogP contribution in [0, 0.1) is 13.2 Å². The zero-order valence-electron chi connectivity index (χ0n) is 9.06. The third kappa shape index (κ3) is 1.81. The molecule has 2 heterocycles. The lowest BCUT2D eigenvalue weighted by Crippen LogP contribution is -2.33. The Morgan fingerprint density at radius 3 is 2.81 bits per heavy atom. The molecule has 1 aromatic rings. The Balaban J connectivity index is 2.39. The maximum atomic E-state index is 11.5. The van der Waals surface area contributed by atoms with Gasteiger partial charge in [0.15, 0.2) is 6.23 Å². The highest BCUT2D eigenvalue weighted by Gasteiger charge is 2.33. The first-order chi connectivity index (χ1) is 7.49. The minimum absolute atomic E-state index is 0.270. The van der Waals surface area contributed by atoms with Gasteiger partial charge in [0.05, 0.1) is 12.2 Å². The Kier molecular flexibility index (Phi) is 2.69.